The van der Waals surface area contributed by atoms with E-state index in [1.807, 2.05) is 6.92 Å². The summed E-state index contributed by atoms with van der Waals surface area (Å²) in [5.74, 6) is 0. The van der Waals surface area contributed by atoms with Gasteiger partial charge in [-0.1, -0.05) is 26.7 Å². The lowest BCUT2D eigenvalue weighted by Crippen LogP contribution is -2.35. The molecule has 2 unspecified atom stereocenters. The summed E-state index contributed by atoms with van der Waals surface area (Å²) in [6.07, 6.45) is 4.74. The highest BCUT2D eigenvalue weighted by Gasteiger charge is 2.27. The van der Waals surface area contributed by atoms with Gasteiger partial charge in [0.15, 0.2) is 0 Å². The predicted octanol–water partition coefficient (Wildman–Crippen LogP) is 2.32. The summed E-state index contributed by atoms with van der Waals surface area (Å²) in [6, 6.07) is 1.69. The Bertz CT molecular complexity index is 192. The Morgan fingerprint density at radius 1 is 1.21 bits per heavy atom. The number of rotatable bonds is 5. The summed E-state index contributed by atoms with van der Waals surface area (Å²) in [6.45, 7) is 7.11. The molecule has 3 nitrogen and oxygen atoms in total. The van der Waals surface area contributed by atoms with Crippen LogP contribution >= 0.6 is 0 Å². The van der Waals surface area contributed by atoms with Crippen LogP contribution in [0.15, 0.2) is 4.99 Å². The molecule has 82 valence electrons. The van der Waals surface area contributed by atoms with Crippen LogP contribution in [0.5, 0.6) is 0 Å². The van der Waals surface area contributed by atoms with Crippen LogP contribution in [0.1, 0.15) is 46.5 Å². The Morgan fingerprint density at radius 2 is 1.93 bits per heavy atom. The highest BCUT2D eigenvalue weighted by atomic mass is 16.5. The molecule has 0 amide bonds. The summed E-state index contributed by atoms with van der Waals surface area (Å²) in [4.78, 5) is 4.55. The van der Waals surface area contributed by atoms with Gasteiger partial charge in [0.1, 0.15) is 0 Å². The molecule has 0 spiro atoms. The van der Waals surface area contributed by atoms with Gasteiger partial charge in [-0.15, -0.1) is 0 Å². The molecule has 0 aromatic rings. The normalized spacial score (nSPS) is 25.8. The minimum Gasteiger partial charge on any atom is -0.466 e. The quantitative estimate of drug-likeness (QED) is 0.735. The maximum absolute atomic E-state index is 5.39. The topological polar surface area (TPSA) is 33.6 Å². The molecule has 0 fully saturated rings. The van der Waals surface area contributed by atoms with Crippen molar-refractivity contribution >= 4 is 6.02 Å². The molecule has 0 radical (unpaired) electrons. The van der Waals surface area contributed by atoms with E-state index < -0.39 is 0 Å². The van der Waals surface area contributed by atoms with Crippen LogP contribution < -0.4 is 5.32 Å². The molecule has 0 bridgehead atoms. The Morgan fingerprint density at radius 3 is 2.50 bits per heavy atom. The molecular formula is C11H22N2O. The number of nitrogens with zero attached hydrogens (tertiary/aromatic N) is 1. The van der Waals surface area contributed by atoms with Crippen LogP contribution in [0.25, 0.3) is 0 Å². The molecule has 0 saturated heterocycles. The minimum atomic E-state index is 0.432. The number of hydrogen-bond donors (Lipinski definition) is 1. The lowest BCUT2D eigenvalue weighted by atomic mass is 10.0. The summed E-state index contributed by atoms with van der Waals surface area (Å²) in [5.41, 5.74) is 0. The second-order valence-electron chi connectivity index (χ2n) is 3.76. The van der Waals surface area contributed by atoms with Crippen LogP contribution in [0.4, 0.5) is 0 Å². The molecular weight excluding hydrogens is 176 g/mol. The number of aliphatic imine (C=N–C) groups is 1. The first-order chi connectivity index (χ1) is 6.81. The Labute approximate surface area is 86.9 Å². The van der Waals surface area contributed by atoms with Gasteiger partial charge in [-0.3, -0.25) is 0 Å². The number of ether oxygens (including phenoxy) is 1. The highest BCUT2D eigenvalue weighted by Crippen LogP contribution is 2.17. The predicted molar refractivity (Wildman–Crippen MR) is 59.6 cm³/mol. The largest absolute Gasteiger partial charge is 0.466 e. The molecule has 0 aliphatic carbocycles. The Kier molecular flexibility index (Phi) is 4.77. The summed E-state index contributed by atoms with van der Waals surface area (Å²) >= 11 is 0. The van der Waals surface area contributed by atoms with E-state index in [4.69, 9.17) is 4.74 Å². The maximum Gasteiger partial charge on any atom is 0.285 e. The average Bonchev–Trinajstić information content (AvgIpc) is 2.50. The SMILES string of the molecule is CCCC1N=C(OCC)NC1CCC. The van der Waals surface area contributed by atoms with E-state index in [9.17, 15) is 0 Å². The lowest BCUT2D eigenvalue weighted by Gasteiger charge is -2.16. The van der Waals surface area contributed by atoms with E-state index in [1.165, 1.54) is 19.3 Å². The highest BCUT2D eigenvalue weighted by molar-refractivity contribution is 5.76. The van der Waals surface area contributed by atoms with Crippen molar-refractivity contribution in [3.05, 3.63) is 0 Å². The zero-order valence-electron chi connectivity index (χ0n) is 9.55. The van der Waals surface area contributed by atoms with Gasteiger partial charge < -0.3 is 10.1 Å². The standard InChI is InChI=1S/C11H22N2O/c1-4-7-9-10(8-5-2)13-11(12-9)14-6-3/h9-10H,4-8H2,1-3H3,(H,12,13). The van der Waals surface area contributed by atoms with Crippen LogP contribution in [-0.4, -0.2) is 24.7 Å². The van der Waals surface area contributed by atoms with Crippen molar-refractivity contribution in [1.82, 2.24) is 5.32 Å². The summed E-state index contributed by atoms with van der Waals surface area (Å²) in [5, 5.41) is 3.36. The van der Waals surface area contributed by atoms with Gasteiger partial charge in [0.25, 0.3) is 6.02 Å². The molecule has 1 aliphatic heterocycles. The second-order valence-corrected chi connectivity index (χ2v) is 3.76. The monoisotopic (exact) mass is 198 g/mol. The fourth-order valence-electron chi connectivity index (χ4n) is 1.89. The van der Waals surface area contributed by atoms with Gasteiger partial charge in [-0.25, -0.2) is 4.99 Å². The van der Waals surface area contributed by atoms with Crippen molar-refractivity contribution in [3.63, 3.8) is 0 Å². The van der Waals surface area contributed by atoms with Crippen molar-refractivity contribution in [2.45, 2.75) is 58.5 Å². The van der Waals surface area contributed by atoms with Crippen molar-refractivity contribution in [1.29, 1.82) is 0 Å². The molecule has 1 N–H and O–H groups in total. The van der Waals surface area contributed by atoms with Crippen LogP contribution in [0, 0.1) is 0 Å². The molecule has 0 saturated carbocycles. The van der Waals surface area contributed by atoms with Gasteiger partial charge in [-0.05, 0) is 19.8 Å². The fraction of sp³-hybridized carbons (Fsp3) is 0.909. The second kappa shape index (κ2) is 5.89. The third-order valence-corrected chi connectivity index (χ3v) is 2.52. The minimum absolute atomic E-state index is 0.432. The average molecular weight is 198 g/mol. The molecule has 1 rings (SSSR count). The van der Waals surface area contributed by atoms with E-state index >= 15 is 0 Å². The fourth-order valence-corrected chi connectivity index (χ4v) is 1.89. The van der Waals surface area contributed by atoms with Crippen molar-refractivity contribution < 1.29 is 4.74 Å². The van der Waals surface area contributed by atoms with Crippen LogP contribution in [0.2, 0.25) is 0 Å². The lowest BCUT2D eigenvalue weighted by molar-refractivity contribution is 0.311. The summed E-state index contributed by atoms with van der Waals surface area (Å²) < 4.78 is 5.39. The Hall–Kier alpha value is -0.730. The number of hydrogen-bond acceptors (Lipinski definition) is 3. The van der Waals surface area contributed by atoms with E-state index in [-0.39, 0.29) is 0 Å². The van der Waals surface area contributed by atoms with Crippen molar-refractivity contribution in [2.75, 3.05) is 6.61 Å². The van der Waals surface area contributed by atoms with E-state index in [0.717, 1.165) is 12.4 Å². The van der Waals surface area contributed by atoms with Gasteiger partial charge >= 0.3 is 0 Å². The van der Waals surface area contributed by atoms with Crippen molar-refractivity contribution in [2.24, 2.45) is 4.99 Å². The first-order valence-corrected chi connectivity index (χ1v) is 5.78. The molecule has 1 heterocycles. The van der Waals surface area contributed by atoms with E-state index in [2.05, 4.69) is 24.2 Å². The third kappa shape index (κ3) is 2.89. The molecule has 0 aromatic carbocycles. The van der Waals surface area contributed by atoms with Gasteiger partial charge in [-0.2, -0.15) is 0 Å². The first kappa shape index (κ1) is 11.3. The van der Waals surface area contributed by atoms with Gasteiger partial charge in [0.2, 0.25) is 0 Å². The molecule has 2 atom stereocenters. The molecule has 14 heavy (non-hydrogen) atoms. The molecule has 3 heteroatoms. The zero-order valence-corrected chi connectivity index (χ0v) is 9.55. The van der Waals surface area contributed by atoms with Gasteiger partial charge in [0.05, 0.1) is 18.7 Å². The van der Waals surface area contributed by atoms with E-state index in [0.29, 0.717) is 18.7 Å². The van der Waals surface area contributed by atoms with Crippen LogP contribution in [-0.2, 0) is 4.74 Å². The van der Waals surface area contributed by atoms with E-state index in [1.54, 1.807) is 0 Å². The Balaban J connectivity index is 2.47. The number of nitrogens with one attached hydrogen (secondary N) is 1. The van der Waals surface area contributed by atoms with Crippen LogP contribution in [0.3, 0.4) is 0 Å². The first-order valence-electron chi connectivity index (χ1n) is 5.78. The molecule has 1 aliphatic rings. The smallest absolute Gasteiger partial charge is 0.285 e. The molecule has 0 aromatic heterocycles. The third-order valence-electron chi connectivity index (χ3n) is 2.52. The zero-order chi connectivity index (χ0) is 10.4. The summed E-state index contributed by atoms with van der Waals surface area (Å²) in [7, 11) is 0. The maximum atomic E-state index is 5.39. The van der Waals surface area contributed by atoms with Crippen molar-refractivity contribution in [3.8, 4) is 0 Å². The number of amidine groups is 1. The van der Waals surface area contributed by atoms with Gasteiger partial charge in [0, 0.05) is 0 Å².